The van der Waals surface area contributed by atoms with Crippen LogP contribution < -0.4 is 5.43 Å². The molecule has 0 spiro atoms. The van der Waals surface area contributed by atoms with Crippen molar-refractivity contribution in [2.45, 2.75) is 39.8 Å². The van der Waals surface area contributed by atoms with Gasteiger partial charge in [-0.15, -0.1) is 0 Å². The predicted molar refractivity (Wildman–Crippen MR) is 81.6 cm³/mol. The lowest BCUT2D eigenvalue weighted by atomic mass is 9.94. The summed E-state index contributed by atoms with van der Waals surface area (Å²) in [5.41, 5.74) is 4.53. The molecule has 0 aromatic heterocycles. The molecule has 1 heterocycles. The summed E-state index contributed by atoms with van der Waals surface area (Å²) in [5, 5.41) is 2.64. The fraction of sp³-hybridized carbons (Fsp3) is 0.533. The molecule has 1 aromatic rings. The molecule has 1 saturated heterocycles. The summed E-state index contributed by atoms with van der Waals surface area (Å²) < 4.78 is 5.81. The molecule has 1 aromatic carbocycles. The molecule has 0 aliphatic carbocycles. The Morgan fingerprint density at radius 1 is 1.26 bits per heavy atom. The third-order valence-electron chi connectivity index (χ3n) is 3.17. The van der Waals surface area contributed by atoms with Crippen LogP contribution in [0.2, 0.25) is 0 Å². The van der Waals surface area contributed by atoms with E-state index in [-0.39, 0.29) is 17.6 Å². The average Bonchev–Trinajstić information content (AvgIpc) is 2.32. The number of benzene rings is 1. The second-order valence-electron chi connectivity index (χ2n) is 6.28. The van der Waals surface area contributed by atoms with Crippen LogP contribution in [0.5, 0.6) is 0 Å². The van der Waals surface area contributed by atoms with Crippen molar-refractivity contribution in [3.05, 3.63) is 35.9 Å². The highest BCUT2D eigenvalue weighted by Gasteiger charge is 2.34. The Morgan fingerprint density at radius 3 is 2.47 bits per heavy atom. The minimum absolute atomic E-state index is 0.0164. The Labute approximate surface area is 120 Å². The van der Waals surface area contributed by atoms with E-state index in [2.05, 4.69) is 50.3 Å². The Hall–Kier alpha value is -1.13. The summed E-state index contributed by atoms with van der Waals surface area (Å²) in [6.07, 6.45) is -0.0164. The van der Waals surface area contributed by atoms with Gasteiger partial charge in [-0.2, -0.15) is 0 Å². The van der Waals surface area contributed by atoms with Crippen molar-refractivity contribution < 1.29 is 4.74 Å². The van der Waals surface area contributed by atoms with Crippen molar-refractivity contribution in [3.63, 3.8) is 0 Å². The molecule has 19 heavy (non-hydrogen) atoms. The van der Waals surface area contributed by atoms with Crippen molar-refractivity contribution in [2.75, 3.05) is 6.54 Å². The van der Waals surface area contributed by atoms with Gasteiger partial charge in [0.05, 0.1) is 6.04 Å². The van der Waals surface area contributed by atoms with Gasteiger partial charge in [-0.25, -0.2) is 5.01 Å². The van der Waals surface area contributed by atoms with Gasteiger partial charge in [0.15, 0.2) is 0 Å². The van der Waals surface area contributed by atoms with Gasteiger partial charge in [-0.3, -0.25) is 5.43 Å². The van der Waals surface area contributed by atoms with Gasteiger partial charge in [-0.05, 0) is 30.1 Å². The van der Waals surface area contributed by atoms with E-state index in [9.17, 15) is 0 Å². The van der Waals surface area contributed by atoms with E-state index >= 15 is 0 Å². The molecule has 1 N–H and O–H groups in total. The van der Waals surface area contributed by atoms with Gasteiger partial charge < -0.3 is 4.74 Å². The zero-order valence-electron chi connectivity index (χ0n) is 12.0. The zero-order chi connectivity index (χ0) is 14.0. The smallest absolute Gasteiger partial charge is 0.272 e. The first-order valence-electron chi connectivity index (χ1n) is 6.66. The van der Waals surface area contributed by atoms with Gasteiger partial charge in [0, 0.05) is 6.54 Å². The first-order chi connectivity index (χ1) is 8.87. The largest absolute Gasteiger partial charge is 0.460 e. The fourth-order valence-corrected chi connectivity index (χ4v) is 2.53. The Kier molecular flexibility index (Phi) is 4.11. The van der Waals surface area contributed by atoms with Crippen LogP contribution in [0.4, 0.5) is 0 Å². The van der Waals surface area contributed by atoms with E-state index in [4.69, 9.17) is 17.0 Å². The first-order valence-corrected chi connectivity index (χ1v) is 7.06. The summed E-state index contributed by atoms with van der Waals surface area (Å²) in [5.74, 6) is 0. The Balaban J connectivity index is 2.19. The van der Waals surface area contributed by atoms with Crippen molar-refractivity contribution >= 4 is 17.4 Å². The third kappa shape index (κ3) is 3.67. The SMILES string of the molecule is C[C@H]1[C@@H](c2ccccc2)OC(=S)NN1CC(C)(C)C. The molecule has 1 aliphatic rings. The van der Waals surface area contributed by atoms with Crippen LogP contribution in [-0.2, 0) is 4.74 Å². The number of hydrogen-bond donors (Lipinski definition) is 1. The molecule has 0 bridgehead atoms. The number of ether oxygens (including phenoxy) is 1. The molecule has 1 fully saturated rings. The highest BCUT2D eigenvalue weighted by Crippen LogP contribution is 2.29. The summed E-state index contributed by atoms with van der Waals surface area (Å²) in [4.78, 5) is 0. The topological polar surface area (TPSA) is 24.5 Å². The number of hydrazine groups is 1. The van der Waals surface area contributed by atoms with E-state index in [1.54, 1.807) is 0 Å². The molecule has 4 heteroatoms. The van der Waals surface area contributed by atoms with Crippen LogP contribution in [0.1, 0.15) is 39.4 Å². The molecule has 1 aliphatic heterocycles. The van der Waals surface area contributed by atoms with Crippen molar-refractivity contribution in [1.29, 1.82) is 0 Å². The van der Waals surface area contributed by atoms with Gasteiger partial charge in [0.25, 0.3) is 5.17 Å². The van der Waals surface area contributed by atoms with E-state index in [1.807, 2.05) is 18.2 Å². The maximum absolute atomic E-state index is 5.81. The lowest BCUT2D eigenvalue weighted by Crippen LogP contribution is -2.57. The highest BCUT2D eigenvalue weighted by atomic mass is 32.1. The Bertz CT molecular complexity index is 441. The maximum atomic E-state index is 5.81. The number of rotatable bonds is 2. The number of nitrogens with zero attached hydrogens (tertiary/aromatic N) is 1. The summed E-state index contributed by atoms with van der Waals surface area (Å²) in [6, 6.07) is 10.5. The molecule has 0 amide bonds. The molecule has 3 nitrogen and oxygen atoms in total. The summed E-state index contributed by atoms with van der Waals surface area (Å²) >= 11 is 5.23. The zero-order valence-corrected chi connectivity index (χ0v) is 12.8. The quantitative estimate of drug-likeness (QED) is 0.839. The first kappa shape index (κ1) is 14.3. The van der Waals surface area contributed by atoms with Crippen LogP contribution in [0.25, 0.3) is 0 Å². The standard InChI is InChI=1S/C15H22N2OS/c1-11-13(12-8-6-5-7-9-12)18-14(19)16-17(11)10-15(2,3)4/h5-9,11,13H,10H2,1-4H3,(H,16,19)/t11-,13-/m0/s1. The molecular weight excluding hydrogens is 256 g/mol. The van der Waals surface area contributed by atoms with Crippen LogP contribution >= 0.6 is 12.2 Å². The monoisotopic (exact) mass is 278 g/mol. The molecule has 0 saturated carbocycles. The third-order valence-corrected chi connectivity index (χ3v) is 3.36. The van der Waals surface area contributed by atoms with Gasteiger partial charge in [0.1, 0.15) is 6.10 Å². The molecule has 2 atom stereocenters. The van der Waals surface area contributed by atoms with E-state index in [0.29, 0.717) is 5.17 Å². The number of nitrogens with one attached hydrogen (secondary N) is 1. The Morgan fingerprint density at radius 2 is 1.89 bits per heavy atom. The van der Waals surface area contributed by atoms with E-state index in [0.717, 1.165) is 12.1 Å². The molecule has 2 rings (SSSR count). The lowest BCUT2D eigenvalue weighted by molar-refractivity contribution is -0.0155. The maximum Gasteiger partial charge on any atom is 0.272 e. The van der Waals surface area contributed by atoms with Gasteiger partial charge in [0.2, 0.25) is 0 Å². The fourth-order valence-electron chi connectivity index (χ4n) is 2.31. The lowest BCUT2D eigenvalue weighted by Gasteiger charge is -2.43. The van der Waals surface area contributed by atoms with Gasteiger partial charge in [-0.1, -0.05) is 51.1 Å². The number of hydrogen-bond acceptors (Lipinski definition) is 3. The minimum Gasteiger partial charge on any atom is -0.460 e. The second-order valence-corrected chi connectivity index (χ2v) is 6.65. The van der Waals surface area contributed by atoms with Crippen molar-refractivity contribution in [1.82, 2.24) is 10.4 Å². The molecule has 104 valence electrons. The van der Waals surface area contributed by atoms with E-state index in [1.165, 1.54) is 0 Å². The number of thiocarbonyl (C=S) groups is 1. The molecular formula is C15H22N2OS. The minimum atomic E-state index is -0.0164. The van der Waals surface area contributed by atoms with Crippen molar-refractivity contribution in [2.24, 2.45) is 5.41 Å². The highest BCUT2D eigenvalue weighted by molar-refractivity contribution is 7.80. The van der Waals surface area contributed by atoms with Crippen LogP contribution in [-0.4, -0.2) is 22.8 Å². The molecule has 0 radical (unpaired) electrons. The average molecular weight is 278 g/mol. The molecule has 0 unspecified atom stereocenters. The van der Waals surface area contributed by atoms with Crippen LogP contribution in [0.15, 0.2) is 30.3 Å². The van der Waals surface area contributed by atoms with E-state index < -0.39 is 0 Å². The van der Waals surface area contributed by atoms with Crippen LogP contribution in [0.3, 0.4) is 0 Å². The summed E-state index contributed by atoms with van der Waals surface area (Å²) in [6.45, 7) is 9.74. The second kappa shape index (κ2) is 5.47. The normalized spacial score (nSPS) is 24.7. The van der Waals surface area contributed by atoms with Gasteiger partial charge >= 0.3 is 0 Å². The van der Waals surface area contributed by atoms with Crippen molar-refractivity contribution in [3.8, 4) is 0 Å². The predicted octanol–water partition coefficient (Wildman–Crippen LogP) is 3.28. The summed E-state index contributed by atoms with van der Waals surface area (Å²) in [7, 11) is 0. The van der Waals surface area contributed by atoms with Crippen LogP contribution in [0, 0.1) is 5.41 Å².